The molecule has 0 saturated carbocycles. The number of thiophene rings is 2. The van der Waals surface area contributed by atoms with Crippen molar-refractivity contribution < 1.29 is 0 Å². The first-order valence-electron chi connectivity index (χ1n) is 14.9. The third kappa shape index (κ3) is 3.29. The van der Waals surface area contributed by atoms with E-state index in [9.17, 15) is 0 Å². The summed E-state index contributed by atoms with van der Waals surface area (Å²) in [5.41, 5.74) is 7.52. The van der Waals surface area contributed by atoms with Gasteiger partial charge in [0.2, 0.25) is 0 Å². The van der Waals surface area contributed by atoms with Gasteiger partial charge in [0, 0.05) is 52.8 Å². The maximum absolute atomic E-state index is 2.49. The van der Waals surface area contributed by atoms with Crippen LogP contribution in [0.4, 0.5) is 0 Å². The van der Waals surface area contributed by atoms with Crippen LogP contribution in [0.3, 0.4) is 0 Å². The van der Waals surface area contributed by atoms with Gasteiger partial charge in [-0.15, -0.1) is 11.3 Å². The molecule has 0 fully saturated rings. The van der Waals surface area contributed by atoms with Crippen LogP contribution >= 0.6 is 22.7 Å². The van der Waals surface area contributed by atoms with Crippen molar-refractivity contribution in [2.75, 3.05) is 0 Å². The first-order chi connectivity index (χ1) is 21.8. The summed E-state index contributed by atoms with van der Waals surface area (Å²) in [5, 5.41) is 10.2. The lowest BCUT2D eigenvalue weighted by Crippen LogP contribution is -1.93. The standard InChI is InChI=1S/C40H24N2S2/c1-5-19-33-25(11-1)26-12-2-6-20-34(26)41(33)37-23-24-38(44-37)42-35-21-7-3-13-27(35)29-15-9-16-30(39(29)42)32-18-10-17-31-28-14-4-8-22-36(28)43-40(31)32/h1-24H. The molecule has 2 nitrogen and oxygen atoms in total. The second-order valence-electron chi connectivity index (χ2n) is 11.3. The van der Waals surface area contributed by atoms with E-state index in [-0.39, 0.29) is 0 Å². The molecule has 0 aliphatic rings. The number of hydrogen-bond acceptors (Lipinski definition) is 2. The largest absolute Gasteiger partial charge is 0.301 e. The van der Waals surface area contributed by atoms with Gasteiger partial charge >= 0.3 is 0 Å². The van der Waals surface area contributed by atoms with Gasteiger partial charge in [-0.2, -0.15) is 0 Å². The van der Waals surface area contributed by atoms with Crippen LogP contribution in [0.5, 0.6) is 0 Å². The first-order valence-corrected chi connectivity index (χ1v) is 16.5. The Morgan fingerprint density at radius 1 is 0.341 bits per heavy atom. The van der Waals surface area contributed by atoms with Gasteiger partial charge in [0.05, 0.1) is 22.1 Å². The molecule has 0 amide bonds. The Balaban J connectivity index is 1.27. The summed E-state index contributed by atoms with van der Waals surface area (Å²) < 4.78 is 7.59. The Hall–Kier alpha value is -5.16. The molecule has 44 heavy (non-hydrogen) atoms. The second-order valence-corrected chi connectivity index (χ2v) is 13.4. The lowest BCUT2D eigenvalue weighted by Gasteiger charge is -2.11. The lowest BCUT2D eigenvalue weighted by atomic mass is 10.00. The molecule has 0 radical (unpaired) electrons. The molecule has 0 aliphatic heterocycles. The normalized spacial score (nSPS) is 12.1. The molecule has 4 heteroatoms. The molecule has 10 aromatic rings. The van der Waals surface area contributed by atoms with Crippen LogP contribution in [0.15, 0.2) is 146 Å². The number of hydrogen-bond donors (Lipinski definition) is 0. The van der Waals surface area contributed by atoms with Gasteiger partial charge in [-0.3, -0.25) is 4.57 Å². The van der Waals surface area contributed by atoms with Crippen LogP contribution < -0.4 is 0 Å². The van der Waals surface area contributed by atoms with Crippen molar-refractivity contribution >= 4 is 86.5 Å². The Kier molecular flexibility index (Phi) is 5.06. The predicted molar refractivity (Wildman–Crippen MR) is 191 cm³/mol. The van der Waals surface area contributed by atoms with E-state index in [1.807, 2.05) is 22.7 Å². The van der Waals surface area contributed by atoms with Gasteiger partial charge in [0.1, 0.15) is 10.0 Å². The molecular formula is C40H24N2S2. The number of nitrogens with zero attached hydrogens (tertiary/aromatic N) is 2. The summed E-state index contributed by atoms with van der Waals surface area (Å²) in [6.07, 6.45) is 0. The monoisotopic (exact) mass is 596 g/mol. The third-order valence-electron chi connectivity index (χ3n) is 8.99. The topological polar surface area (TPSA) is 9.86 Å². The number of rotatable bonds is 3. The van der Waals surface area contributed by atoms with Crippen molar-refractivity contribution in [3.8, 4) is 21.1 Å². The number of para-hydroxylation sites is 4. The molecule has 0 unspecified atom stereocenters. The Bertz CT molecular complexity index is 2680. The van der Waals surface area contributed by atoms with Crippen molar-refractivity contribution in [1.29, 1.82) is 0 Å². The Morgan fingerprint density at radius 2 is 0.841 bits per heavy atom. The summed E-state index contributed by atoms with van der Waals surface area (Å²) in [7, 11) is 0. The molecule has 206 valence electrons. The van der Waals surface area contributed by atoms with Gasteiger partial charge in [0.25, 0.3) is 0 Å². The van der Waals surface area contributed by atoms with Crippen LogP contribution in [-0.2, 0) is 0 Å². The van der Waals surface area contributed by atoms with E-state index in [4.69, 9.17) is 0 Å². The highest BCUT2D eigenvalue weighted by atomic mass is 32.1. The number of fused-ring (bicyclic) bond motifs is 9. The molecule has 10 rings (SSSR count). The van der Waals surface area contributed by atoms with E-state index >= 15 is 0 Å². The minimum atomic E-state index is 1.21. The summed E-state index contributed by atoms with van der Waals surface area (Å²) in [5.74, 6) is 0. The SMILES string of the molecule is c1ccc2c(c1)sc1c(-c3cccc4c5ccccc5n(-c5ccc(-n6c7ccccc7c7ccccc76)s5)c34)cccc12. The van der Waals surface area contributed by atoms with Gasteiger partial charge < -0.3 is 4.57 Å². The van der Waals surface area contributed by atoms with Crippen molar-refractivity contribution in [2.24, 2.45) is 0 Å². The Labute approximate surface area is 261 Å². The van der Waals surface area contributed by atoms with Gasteiger partial charge in [-0.05, 0) is 36.4 Å². The summed E-state index contributed by atoms with van der Waals surface area (Å²) in [6.45, 7) is 0. The molecule has 0 atom stereocenters. The zero-order valence-electron chi connectivity index (χ0n) is 23.6. The first kappa shape index (κ1) is 24.3. The maximum atomic E-state index is 2.49. The zero-order valence-corrected chi connectivity index (χ0v) is 25.2. The summed E-state index contributed by atoms with van der Waals surface area (Å²) >= 11 is 3.74. The summed E-state index contributed by atoms with van der Waals surface area (Å²) in [6, 6.07) is 53.3. The van der Waals surface area contributed by atoms with E-state index in [2.05, 4.69) is 155 Å². The molecule has 0 bridgehead atoms. The fourth-order valence-corrected chi connectivity index (χ4v) is 9.43. The average molecular weight is 597 g/mol. The quantitative estimate of drug-likeness (QED) is 0.192. The van der Waals surface area contributed by atoms with Crippen LogP contribution in [0.2, 0.25) is 0 Å². The molecule has 0 aliphatic carbocycles. The van der Waals surface area contributed by atoms with E-state index in [0.717, 1.165) is 0 Å². The van der Waals surface area contributed by atoms with E-state index < -0.39 is 0 Å². The highest BCUT2D eigenvalue weighted by molar-refractivity contribution is 7.26. The lowest BCUT2D eigenvalue weighted by molar-refractivity contribution is 1.22. The minimum absolute atomic E-state index is 1.21. The van der Waals surface area contributed by atoms with E-state index in [1.54, 1.807) is 0 Å². The predicted octanol–water partition coefficient (Wildman–Crippen LogP) is 12.0. The Morgan fingerprint density at radius 3 is 1.55 bits per heavy atom. The van der Waals surface area contributed by atoms with Crippen molar-refractivity contribution in [3.63, 3.8) is 0 Å². The van der Waals surface area contributed by atoms with Crippen LogP contribution in [0.1, 0.15) is 0 Å². The van der Waals surface area contributed by atoms with Gasteiger partial charge in [-0.25, -0.2) is 0 Å². The molecule has 6 aromatic carbocycles. The van der Waals surface area contributed by atoms with Crippen molar-refractivity contribution in [1.82, 2.24) is 9.13 Å². The van der Waals surface area contributed by atoms with Crippen LogP contribution in [-0.4, -0.2) is 9.13 Å². The minimum Gasteiger partial charge on any atom is -0.301 e. The average Bonchev–Trinajstić information content (AvgIpc) is 3.85. The van der Waals surface area contributed by atoms with Gasteiger partial charge in [0.15, 0.2) is 0 Å². The van der Waals surface area contributed by atoms with Crippen molar-refractivity contribution in [3.05, 3.63) is 146 Å². The highest BCUT2D eigenvalue weighted by Crippen LogP contribution is 2.45. The fourth-order valence-electron chi connectivity index (χ4n) is 7.14. The van der Waals surface area contributed by atoms with Crippen LogP contribution in [0.25, 0.3) is 84.9 Å². The molecule has 0 saturated heterocycles. The molecular weight excluding hydrogens is 573 g/mol. The molecule has 0 spiro atoms. The smallest absolute Gasteiger partial charge is 0.102 e. The van der Waals surface area contributed by atoms with Crippen LogP contribution in [0, 0.1) is 0 Å². The zero-order chi connectivity index (χ0) is 28.8. The number of benzene rings is 6. The van der Waals surface area contributed by atoms with Gasteiger partial charge in [-0.1, -0.05) is 121 Å². The van der Waals surface area contributed by atoms with E-state index in [1.165, 1.54) is 84.9 Å². The molecule has 4 aromatic heterocycles. The highest BCUT2D eigenvalue weighted by Gasteiger charge is 2.20. The molecule has 4 heterocycles. The number of aromatic nitrogens is 2. The fraction of sp³-hybridized carbons (Fsp3) is 0. The second kappa shape index (κ2) is 9.17. The summed E-state index contributed by atoms with van der Waals surface area (Å²) in [4.78, 5) is 0. The molecule has 0 N–H and O–H groups in total. The third-order valence-corrected chi connectivity index (χ3v) is 11.3. The van der Waals surface area contributed by atoms with E-state index in [0.29, 0.717) is 0 Å². The maximum Gasteiger partial charge on any atom is 0.102 e. The van der Waals surface area contributed by atoms with Crippen molar-refractivity contribution in [2.45, 2.75) is 0 Å².